The molecule has 5 nitrogen and oxygen atoms in total. The Hall–Kier alpha value is -2.94. The molecule has 0 aliphatic rings. The molecule has 28 heavy (non-hydrogen) atoms. The molecule has 0 aliphatic heterocycles. The average Bonchev–Trinajstić information content (AvgIpc) is 2.62. The summed E-state index contributed by atoms with van der Waals surface area (Å²) in [6.07, 6.45) is -4.09. The van der Waals surface area contributed by atoms with Crippen LogP contribution < -0.4 is 10.9 Å². The van der Waals surface area contributed by atoms with Crippen molar-refractivity contribution in [1.29, 1.82) is 0 Å². The zero-order valence-corrected chi connectivity index (χ0v) is 16.0. The monoisotopic (exact) mass is 451 g/mol. The maximum Gasteiger partial charge on any atom is 0.417 e. The van der Waals surface area contributed by atoms with Crippen LogP contribution in [0.5, 0.6) is 0 Å². The van der Waals surface area contributed by atoms with Gasteiger partial charge in [-0.15, -0.1) is 0 Å². The molecule has 0 atom stereocenters. The molecular formula is C19H13BrF3N3O2. The van der Waals surface area contributed by atoms with Crippen LogP contribution in [0.4, 0.5) is 18.9 Å². The first-order valence-corrected chi connectivity index (χ1v) is 8.79. The van der Waals surface area contributed by atoms with Crippen molar-refractivity contribution in [3.63, 3.8) is 0 Å². The van der Waals surface area contributed by atoms with Crippen LogP contribution in [0.3, 0.4) is 0 Å². The lowest BCUT2D eigenvalue weighted by Crippen LogP contribution is -2.22. The number of amides is 1. The largest absolute Gasteiger partial charge is 0.417 e. The third-order valence-corrected chi connectivity index (χ3v) is 4.42. The van der Waals surface area contributed by atoms with E-state index in [1.54, 1.807) is 13.0 Å². The molecule has 0 saturated heterocycles. The lowest BCUT2D eigenvalue weighted by molar-refractivity contribution is -0.137. The normalized spacial score (nSPS) is 11.3. The molecule has 144 valence electrons. The molecule has 0 radical (unpaired) electrons. The summed E-state index contributed by atoms with van der Waals surface area (Å²) >= 11 is 3.37. The van der Waals surface area contributed by atoms with E-state index < -0.39 is 28.9 Å². The molecular weight excluding hydrogens is 439 g/mol. The summed E-state index contributed by atoms with van der Waals surface area (Å²) in [5.41, 5.74) is -0.407. The number of halogens is 4. The van der Waals surface area contributed by atoms with Crippen LogP contribution >= 0.6 is 15.9 Å². The molecule has 2 N–H and O–H groups in total. The molecule has 2 heterocycles. The smallest absolute Gasteiger partial charge is 0.327 e. The van der Waals surface area contributed by atoms with E-state index in [4.69, 9.17) is 0 Å². The van der Waals surface area contributed by atoms with Crippen molar-refractivity contribution in [3.8, 4) is 11.3 Å². The van der Waals surface area contributed by atoms with Gasteiger partial charge in [0.25, 0.3) is 11.5 Å². The van der Waals surface area contributed by atoms with Crippen LogP contribution in [0.2, 0.25) is 0 Å². The number of aromatic amines is 1. The molecule has 0 aliphatic carbocycles. The number of carbonyl (C=O) groups is 1. The SMILES string of the molecule is Cc1nc(-c2cccc(Br)c2)ccc1C(=O)Nc1cc(C(F)(F)F)c[nH]c1=O. The highest BCUT2D eigenvalue weighted by atomic mass is 79.9. The van der Waals surface area contributed by atoms with Gasteiger partial charge in [0.15, 0.2) is 0 Å². The van der Waals surface area contributed by atoms with Crippen LogP contribution in [-0.2, 0) is 6.18 Å². The molecule has 0 bridgehead atoms. The number of benzene rings is 1. The number of nitrogens with one attached hydrogen (secondary N) is 2. The Morgan fingerprint density at radius 1 is 1.18 bits per heavy atom. The minimum Gasteiger partial charge on any atom is -0.327 e. The summed E-state index contributed by atoms with van der Waals surface area (Å²) in [5, 5.41) is 2.22. The van der Waals surface area contributed by atoms with Crippen molar-refractivity contribution in [2.45, 2.75) is 13.1 Å². The van der Waals surface area contributed by atoms with E-state index in [0.29, 0.717) is 23.7 Å². The van der Waals surface area contributed by atoms with E-state index in [2.05, 4.69) is 26.2 Å². The maximum atomic E-state index is 12.8. The number of hydrogen-bond donors (Lipinski definition) is 2. The van der Waals surface area contributed by atoms with Crippen molar-refractivity contribution < 1.29 is 18.0 Å². The Morgan fingerprint density at radius 3 is 2.57 bits per heavy atom. The molecule has 0 fully saturated rings. The van der Waals surface area contributed by atoms with Gasteiger partial charge in [0.2, 0.25) is 0 Å². The van der Waals surface area contributed by atoms with Gasteiger partial charge in [-0.25, -0.2) is 0 Å². The summed E-state index contributed by atoms with van der Waals surface area (Å²) in [7, 11) is 0. The number of carbonyl (C=O) groups excluding carboxylic acids is 1. The van der Waals surface area contributed by atoms with Crippen LogP contribution in [0.1, 0.15) is 21.6 Å². The highest BCUT2D eigenvalue weighted by molar-refractivity contribution is 9.10. The minimum atomic E-state index is -4.65. The average molecular weight is 452 g/mol. The molecule has 2 aromatic heterocycles. The predicted octanol–water partition coefficient (Wildman–Crippen LogP) is 4.78. The third kappa shape index (κ3) is 4.30. The number of pyridine rings is 2. The molecule has 9 heteroatoms. The quantitative estimate of drug-likeness (QED) is 0.601. The number of hydrogen-bond acceptors (Lipinski definition) is 3. The topological polar surface area (TPSA) is 74.8 Å². The molecule has 1 amide bonds. The predicted molar refractivity (Wildman–Crippen MR) is 102 cm³/mol. The van der Waals surface area contributed by atoms with E-state index in [1.165, 1.54) is 6.07 Å². The van der Waals surface area contributed by atoms with Crippen LogP contribution in [0.15, 0.2) is 57.9 Å². The summed E-state index contributed by atoms with van der Waals surface area (Å²) in [5.74, 6) is -0.726. The van der Waals surface area contributed by atoms with Gasteiger partial charge in [-0.05, 0) is 37.3 Å². The van der Waals surface area contributed by atoms with Crippen LogP contribution in [0, 0.1) is 6.92 Å². The first-order valence-electron chi connectivity index (χ1n) is 8.00. The maximum absolute atomic E-state index is 12.8. The second-order valence-electron chi connectivity index (χ2n) is 5.92. The first-order chi connectivity index (χ1) is 13.1. The van der Waals surface area contributed by atoms with Crippen molar-refractivity contribution in [2.24, 2.45) is 0 Å². The van der Waals surface area contributed by atoms with E-state index in [0.717, 1.165) is 10.0 Å². The Labute approximate surface area is 165 Å². The summed E-state index contributed by atoms with van der Waals surface area (Å²) < 4.78 is 39.3. The van der Waals surface area contributed by atoms with Gasteiger partial charge in [-0.2, -0.15) is 13.2 Å². The molecule has 0 unspecified atom stereocenters. The molecule has 0 spiro atoms. The van der Waals surface area contributed by atoms with Gasteiger partial charge >= 0.3 is 6.18 Å². The zero-order valence-electron chi connectivity index (χ0n) is 14.4. The molecule has 1 aromatic carbocycles. The molecule has 3 rings (SSSR count). The summed E-state index contributed by atoms with van der Waals surface area (Å²) in [4.78, 5) is 30.6. The van der Waals surface area contributed by atoms with Gasteiger partial charge < -0.3 is 10.3 Å². The van der Waals surface area contributed by atoms with Gasteiger partial charge in [0.1, 0.15) is 5.69 Å². The van der Waals surface area contributed by atoms with E-state index in [9.17, 15) is 22.8 Å². The van der Waals surface area contributed by atoms with E-state index in [1.807, 2.05) is 29.2 Å². The number of aromatic nitrogens is 2. The Bertz CT molecular complexity index is 1110. The van der Waals surface area contributed by atoms with Gasteiger partial charge in [-0.1, -0.05) is 28.1 Å². The number of alkyl halides is 3. The van der Waals surface area contributed by atoms with Gasteiger partial charge in [0, 0.05) is 16.2 Å². The number of nitrogens with zero attached hydrogens (tertiary/aromatic N) is 1. The summed E-state index contributed by atoms with van der Waals surface area (Å²) in [6.45, 7) is 1.60. The highest BCUT2D eigenvalue weighted by Gasteiger charge is 2.31. The Balaban J connectivity index is 1.89. The standard InChI is InChI=1S/C19H13BrF3N3O2/c1-10-14(5-6-15(25-10)11-3-2-4-13(20)7-11)17(27)26-16-8-12(19(21,22)23)9-24-18(16)28/h2-9H,1H3,(H,24,28)(H,26,27). The second kappa shape index (κ2) is 7.59. The summed E-state index contributed by atoms with van der Waals surface area (Å²) in [6, 6.07) is 11.2. The second-order valence-corrected chi connectivity index (χ2v) is 6.84. The van der Waals surface area contributed by atoms with Crippen molar-refractivity contribution in [2.75, 3.05) is 5.32 Å². The van der Waals surface area contributed by atoms with Crippen molar-refractivity contribution in [3.05, 3.63) is 80.3 Å². The van der Waals surface area contributed by atoms with Crippen LogP contribution in [0.25, 0.3) is 11.3 Å². The fraction of sp³-hybridized carbons (Fsp3) is 0.105. The lowest BCUT2D eigenvalue weighted by Gasteiger charge is -2.11. The van der Waals surface area contributed by atoms with Gasteiger partial charge in [0.05, 0.1) is 22.5 Å². The third-order valence-electron chi connectivity index (χ3n) is 3.93. The number of aryl methyl sites for hydroxylation is 1. The number of anilines is 1. The van der Waals surface area contributed by atoms with Crippen molar-refractivity contribution in [1.82, 2.24) is 9.97 Å². The Kier molecular flexibility index (Phi) is 5.37. The fourth-order valence-electron chi connectivity index (χ4n) is 2.54. The fourth-order valence-corrected chi connectivity index (χ4v) is 2.94. The Morgan fingerprint density at radius 2 is 1.93 bits per heavy atom. The van der Waals surface area contributed by atoms with Crippen LogP contribution in [-0.4, -0.2) is 15.9 Å². The number of H-pyrrole nitrogens is 1. The molecule has 0 saturated carbocycles. The molecule has 3 aromatic rings. The minimum absolute atomic E-state index is 0.149. The number of rotatable bonds is 3. The lowest BCUT2D eigenvalue weighted by atomic mass is 10.1. The van der Waals surface area contributed by atoms with E-state index in [-0.39, 0.29) is 5.56 Å². The van der Waals surface area contributed by atoms with Gasteiger partial charge in [-0.3, -0.25) is 14.6 Å². The first kappa shape index (κ1) is 19.8. The van der Waals surface area contributed by atoms with Crippen molar-refractivity contribution >= 4 is 27.5 Å². The van der Waals surface area contributed by atoms with E-state index >= 15 is 0 Å². The zero-order chi connectivity index (χ0) is 20.5. The highest BCUT2D eigenvalue weighted by Crippen LogP contribution is 2.29.